The minimum absolute atomic E-state index is 0.281. The third-order valence-corrected chi connectivity index (χ3v) is 2.95. The lowest BCUT2D eigenvalue weighted by molar-refractivity contribution is 0.301. The van der Waals surface area contributed by atoms with E-state index in [1.165, 1.54) is 6.07 Å². The van der Waals surface area contributed by atoms with Crippen LogP contribution in [-0.2, 0) is 11.2 Å². The number of nitrogens with one attached hydrogen (secondary N) is 1. The van der Waals surface area contributed by atoms with Crippen LogP contribution in [0.2, 0.25) is 0 Å². The molecule has 0 aliphatic carbocycles. The number of hydrogen-bond acceptors (Lipinski definition) is 3. The molecule has 110 valence electrons. The van der Waals surface area contributed by atoms with E-state index in [0.717, 1.165) is 5.56 Å². The number of rotatable bonds is 5. The second-order valence-corrected chi connectivity index (χ2v) is 4.62. The fourth-order valence-corrected chi connectivity index (χ4v) is 1.78. The molecule has 0 fully saturated rings. The zero-order valence-corrected chi connectivity index (χ0v) is 11.7. The first-order chi connectivity index (χ1) is 10.0. The van der Waals surface area contributed by atoms with Crippen LogP contribution in [0, 0.1) is 18.2 Å². The van der Waals surface area contributed by atoms with E-state index in [1.807, 2.05) is 12.1 Å². The minimum Gasteiger partial charge on any atom is -0.465 e. The second kappa shape index (κ2) is 6.74. The Kier molecular flexibility index (Phi) is 4.77. The van der Waals surface area contributed by atoms with Crippen LogP contribution in [0.4, 0.5) is 4.39 Å². The van der Waals surface area contributed by atoms with Gasteiger partial charge in [0.1, 0.15) is 17.3 Å². The molecule has 2 aromatic carbocycles. The van der Waals surface area contributed by atoms with Crippen LogP contribution in [0.3, 0.4) is 0 Å². The number of amidine groups is 1. The molecule has 2 aromatic rings. The molecule has 2 rings (SSSR count). The molecule has 0 unspecified atom stereocenters. The summed E-state index contributed by atoms with van der Waals surface area (Å²) in [6.45, 7) is 2.07. The molecular weight excluding hydrogens is 271 g/mol. The SMILES string of the molecule is Cc1ccc(Oc2ccc(CCOC(=N)N)cc2)cc1F. The molecule has 0 radical (unpaired) electrons. The topological polar surface area (TPSA) is 68.3 Å². The van der Waals surface area contributed by atoms with Gasteiger partial charge in [-0.2, -0.15) is 0 Å². The highest BCUT2D eigenvalue weighted by Crippen LogP contribution is 2.23. The first-order valence-corrected chi connectivity index (χ1v) is 6.54. The van der Waals surface area contributed by atoms with Crippen molar-refractivity contribution in [2.75, 3.05) is 6.61 Å². The molecule has 0 atom stereocenters. The van der Waals surface area contributed by atoms with E-state index in [1.54, 1.807) is 31.2 Å². The van der Waals surface area contributed by atoms with Gasteiger partial charge in [0, 0.05) is 12.5 Å². The molecule has 0 spiro atoms. The van der Waals surface area contributed by atoms with Gasteiger partial charge < -0.3 is 15.2 Å². The Morgan fingerprint density at radius 2 is 1.81 bits per heavy atom. The summed E-state index contributed by atoms with van der Waals surface area (Å²) in [6, 6.07) is 11.9. The maximum Gasteiger partial charge on any atom is 0.279 e. The summed E-state index contributed by atoms with van der Waals surface area (Å²) in [5.41, 5.74) is 6.73. The Hall–Kier alpha value is -2.56. The largest absolute Gasteiger partial charge is 0.465 e. The maximum atomic E-state index is 13.4. The standard InChI is InChI=1S/C16H17FN2O2/c1-11-2-5-14(10-15(11)17)21-13-6-3-12(4-7-13)8-9-20-16(18)19/h2-7,10H,8-9H2,1H3,(H3,18,19). The molecule has 21 heavy (non-hydrogen) atoms. The maximum absolute atomic E-state index is 13.4. The van der Waals surface area contributed by atoms with Gasteiger partial charge in [0.2, 0.25) is 0 Å². The number of hydrogen-bond donors (Lipinski definition) is 2. The summed E-state index contributed by atoms with van der Waals surface area (Å²) in [6.07, 6.45) is 0.652. The molecule has 0 aromatic heterocycles. The van der Waals surface area contributed by atoms with Crippen molar-refractivity contribution in [2.45, 2.75) is 13.3 Å². The lowest BCUT2D eigenvalue weighted by Gasteiger charge is -2.08. The van der Waals surface area contributed by atoms with Crippen LogP contribution in [0.15, 0.2) is 42.5 Å². The molecule has 0 aliphatic rings. The van der Waals surface area contributed by atoms with Crippen LogP contribution < -0.4 is 10.5 Å². The van der Waals surface area contributed by atoms with Crippen LogP contribution in [0.5, 0.6) is 11.5 Å². The van der Waals surface area contributed by atoms with Gasteiger partial charge in [0.05, 0.1) is 6.61 Å². The highest BCUT2D eigenvalue weighted by molar-refractivity contribution is 5.67. The summed E-state index contributed by atoms with van der Waals surface area (Å²) in [5, 5.41) is 6.96. The molecule has 5 heteroatoms. The van der Waals surface area contributed by atoms with Gasteiger partial charge >= 0.3 is 0 Å². The Morgan fingerprint density at radius 3 is 2.43 bits per heavy atom. The molecule has 0 saturated carbocycles. The lowest BCUT2D eigenvalue weighted by atomic mass is 10.1. The number of benzene rings is 2. The summed E-state index contributed by atoms with van der Waals surface area (Å²) >= 11 is 0. The van der Waals surface area contributed by atoms with E-state index >= 15 is 0 Å². The van der Waals surface area contributed by atoms with E-state index in [2.05, 4.69) is 0 Å². The predicted molar refractivity (Wildman–Crippen MR) is 79.2 cm³/mol. The van der Waals surface area contributed by atoms with Gasteiger partial charge in [0.15, 0.2) is 0 Å². The molecular formula is C16H17FN2O2. The smallest absolute Gasteiger partial charge is 0.279 e. The van der Waals surface area contributed by atoms with E-state index in [-0.39, 0.29) is 11.8 Å². The highest BCUT2D eigenvalue weighted by Gasteiger charge is 2.02. The van der Waals surface area contributed by atoms with Crippen molar-refractivity contribution in [1.29, 1.82) is 5.41 Å². The van der Waals surface area contributed by atoms with Gasteiger partial charge in [-0.15, -0.1) is 0 Å². The van der Waals surface area contributed by atoms with E-state index in [9.17, 15) is 4.39 Å². The van der Waals surface area contributed by atoms with Crippen molar-refractivity contribution in [1.82, 2.24) is 0 Å². The predicted octanol–water partition coefficient (Wildman–Crippen LogP) is 3.38. The van der Waals surface area contributed by atoms with Gasteiger partial charge in [-0.25, -0.2) is 4.39 Å². The van der Waals surface area contributed by atoms with Crippen LogP contribution in [-0.4, -0.2) is 12.6 Å². The quantitative estimate of drug-likeness (QED) is 0.654. The van der Waals surface area contributed by atoms with Crippen molar-refractivity contribution in [3.05, 3.63) is 59.4 Å². The molecule has 0 bridgehead atoms. The Labute approximate surface area is 122 Å². The van der Waals surface area contributed by atoms with Crippen molar-refractivity contribution in [3.8, 4) is 11.5 Å². The summed E-state index contributed by atoms with van der Waals surface area (Å²) in [4.78, 5) is 0. The number of aryl methyl sites for hydroxylation is 1. The Balaban J connectivity index is 1.95. The number of nitrogens with two attached hydrogens (primary N) is 1. The third-order valence-electron chi connectivity index (χ3n) is 2.95. The molecule has 0 heterocycles. The third kappa shape index (κ3) is 4.49. The Morgan fingerprint density at radius 1 is 1.14 bits per heavy atom. The average molecular weight is 288 g/mol. The van der Waals surface area contributed by atoms with E-state index in [0.29, 0.717) is 30.1 Å². The molecule has 0 saturated heterocycles. The molecule has 0 aliphatic heterocycles. The van der Waals surface area contributed by atoms with E-state index in [4.69, 9.17) is 20.6 Å². The first kappa shape index (κ1) is 14.8. The van der Waals surface area contributed by atoms with Crippen LogP contribution in [0.25, 0.3) is 0 Å². The summed E-state index contributed by atoms with van der Waals surface area (Å²) in [5.74, 6) is 0.811. The zero-order chi connectivity index (χ0) is 15.2. The van der Waals surface area contributed by atoms with Crippen molar-refractivity contribution < 1.29 is 13.9 Å². The fourth-order valence-electron chi connectivity index (χ4n) is 1.78. The number of ether oxygens (including phenoxy) is 2. The second-order valence-electron chi connectivity index (χ2n) is 4.62. The van der Waals surface area contributed by atoms with Crippen LogP contribution >= 0.6 is 0 Å². The van der Waals surface area contributed by atoms with Crippen molar-refractivity contribution >= 4 is 6.02 Å². The summed E-state index contributed by atoms with van der Waals surface area (Å²) in [7, 11) is 0. The van der Waals surface area contributed by atoms with Crippen molar-refractivity contribution in [3.63, 3.8) is 0 Å². The molecule has 0 amide bonds. The first-order valence-electron chi connectivity index (χ1n) is 6.54. The average Bonchev–Trinajstić information content (AvgIpc) is 2.44. The zero-order valence-electron chi connectivity index (χ0n) is 11.7. The van der Waals surface area contributed by atoms with Gasteiger partial charge in [0.25, 0.3) is 6.02 Å². The van der Waals surface area contributed by atoms with Gasteiger partial charge in [-0.05, 0) is 36.2 Å². The van der Waals surface area contributed by atoms with Gasteiger partial charge in [-0.3, -0.25) is 5.41 Å². The minimum atomic E-state index is -0.287. The van der Waals surface area contributed by atoms with E-state index < -0.39 is 0 Å². The fraction of sp³-hybridized carbons (Fsp3) is 0.188. The summed E-state index contributed by atoms with van der Waals surface area (Å²) < 4.78 is 23.9. The monoisotopic (exact) mass is 288 g/mol. The number of halogens is 1. The highest BCUT2D eigenvalue weighted by atomic mass is 19.1. The molecule has 4 nitrogen and oxygen atoms in total. The van der Waals surface area contributed by atoms with Crippen LogP contribution in [0.1, 0.15) is 11.1 Å². The lowest BCUT2D eigenvalue weighted by Crippen LogP contribution is -2.15. The van der Waals surface area contributed by atoms with Gasteiger partial charge in [-0.1, -0.05) is 18.2 Å². The molecule has 3 N–H and O–H groups in total. The normalized spacial score (nSPS) is 10.2. The van der Waals surface area contributed by atoms with Crippen molar-refractivity contribution in [2.24, 2.45) is 5.73 Å². The Bertz CT molecular complexity index is 627.